The minimum atomic E-state index is -0.883. The SMILES string of the molecule is COc1ccccc1C(=O)O[C@H](C)C(=O)N1c2ccccc2C[C@@H]1C. The van der Waals surface area contributed by atoms with Crippen molar-refractivity contribution in [2.24, 2.45) is 0 Å². The van der Waals surface area contributed by atoms with E-state index in [0.29, 0.717) is 11.3 Å². The Morgan fingerprint density at radius 3 is 2.56 bits per heavy atom. The van der Waals surface area contributed by atoms with E-state index in [-0.39, 0.29) is 11.9 Å². The summed E-state index contributed by atoms with van der Waals surface area (Å²) in [5.74, 6) is -0.369. The number of hydrogen-bond acceptors (Lipinski definition) is 4. The molecule has 5 heteroatoms. The molecule has 0 fully saturated rings. The molecule has 1 heterocycles. The summed E-state index contributed by atoms with van der Waals surface area (Å²) in [6.07, 6.45) is -0.0826. The summed E-state index contributed by atoms with van der Waals surface area (Å²) in [6, 6.07) is 14.6. The van der Waals surface area contributed by atoms with E-state index >= 15 is 0 Å². The van der Waals surface area contributed by atoms with Crippen molar-refractivity contribution in [3.05, 3.63) is 59.7 Å². The van der Waals surface area contributed by atoms with E-state index in [1.54, 1.807) is 36.1 Å². The monoisotopic (exact) mass is 339 g/mol. The Hall–Kier alpha value is -2.82. The molecule has 1 amide bonds. The number of hydrogen-bond donors (Lipinski definition) is 0. The summed E-state index contributed by atoms with van der Waals surface area (Å²) in [7, 11) is 1.49. The van der Waals surface area contributed by atoms with E-state index in [9.17, 15) is 9.59 Å². The number of benzene rings is 2. The molecule has 0 unspecified atom stereocenters. The lowest BCUT2D eigenvalue weighted by Gasteiger charge is -2.26. The van der Waals surface area contributed by atoms with Gasteiger partial charge in [0.1, 0.15) is 11.3 Å². The topological polar surface area (TPSA) is 55.8 Å². The molecule has 0 saturated carbocycles. The second-order valence-corrected chi connectivity index (χ2v) is 6.14. The molecule has 1 aliphatic heterocycles. The first kappa shape index (κ1) is 17.0. The number of fused-ring (bicyclic) bond motifs is 1. The maximum atomic E-state index is 12.9. The van der Waals surface area contributed by atoms with Gasteiger partial charge in [-0.05, 0) is 44.0 Å². The molecule has 5 nitrogen and oxygen atoms in total. The Labute approximate surface area is 147 Å². The van der Waals surface area contributed by atoms with Crippen LogP contribution in [0.15, 0.2) is 48.5 Å². The number of nitrogens with zero attached hydrogens (tertiary/aromatic N) is 1. The molecule has 0 aromatic heterocycles. The van der Waals surface area contributed by atoms with Crippen molar-refractivity contribution >= 4 is 17.6 Å². The van der Waals surface area contributed by atoms with Gasteiger partial charge >= 0.3 is 5.97 Å². The van der Waals surface area contributed by atoms with E-state index in [1.165, 1.54) is 7.11 Å². The maximum Gasteiger partial charge on any atom is 0.342 e. The molecule has 3 rings (SSSR count). The van der Waals surface area contributed by atoms with Gasteiger partial charge in [0.15, 0.2) is 6.10 Å². The van der Waals surface area contributed by atoms with Crippen molar-refractivity contribution in [3.8, 4) is 5.75 Å². The van der Waals surface area contributed by atoms with Gasteiger partial charge in [0, 0.05) is 11.7 Å². The van der Waals surface area contributed by atoms with Crippen molar-refractivity contribution in [2.45, 2.75) is 32.4 Å². The zero-order chi connectivity index (χ0) is 18.0. The average molecular weight is 339 g/mol. The molecular formula is C20H21NO4. The number of esters is 1. The highest BCUT2D eigenvalue weighted by Gasteiger charge is 2.34. The third-order valence-electron chi connectivity index (χ3n) is 4.40. The second-order valence-electron chi connectivity index (χ2n) is 6.14. The Morgan fingerprint density at radius 2 is 1.80 bits per heavy atom. The van der Waals surface area contributed by atoms with E-state index in [2.05, 4.69) is 0 Å². The highest BCUT2D eigenvalue weighted by atomic mass is 16.5. The number of carbonyl (C=O) groups is 2. The third kappa shape index (κ3) is 3.22. The quantitative estimate of drug-likeness (QED) is 0.803. The van der Waals surface area contributed by atoms with Crippen LogP contribution in [0.5, 0.6) is 5.75 Å². The lowest BCUT2D eigenvalue weighted by atomic mass is 10.1. The molecule has 0 bridgehead atoms. The van der Waals surface area contributed by atoms with Crippen LogP contribution < -0.4 is 9.64 Å². The van der Waals surface area contributed by atoms with Crippen LogP contribution in [-0.2, 0) is 16.0 Å². The van der Waals surface area contributed by atoms with Crippen molar-refractivity contribution in [1.82, 2.24) is 0 Å². The molecule has 130 valence electrons. The predicted octanol–water partition coefficient (Wildman–Crippen LogP) is 3.22. The van der Waals surface area contributed by atoms with Gasteiger partial charge in [0.05, 0.1) is 7.11 Å². The van der Waals surface area contributed by atoms with E-state index in [0.717, 1.165) is 17.7 Å². The average Bonchev–Trinajstić information content (AvgIpc) is 2.96. The minimum Gasteiger partial charge on any atom is -0.496 e. The number of amides is 1. The van der Waals surface area contributed by atoms with Crippen LogP contribution in [-0.4, -0.2) is 31.1 Å². The molecular weight excluding hydrogens is 318 g/mol. The number of carbonyl (C=O) groups excluding carboxylic acids is 2. The first-order valence-corrected chi connectivity index (χ1v) is 8.28. The molecule has 1 aliphatic rings. The van der Waals surface area contributed by atoms with Gasteiger partial charge in [-0.15, -0.1) is 0 Å². The van der Waals surface area contributed by atoms with Crippen LogP contribution >= 0.6 is 0 Å². The molecule has 0 radical (unpaired) electrons. The summed E-state index contributed by atoms with van der Waals surface area (Å²) in [5.41, 5.74) is 2.33. The van der Waals surface area contributed by atoms with Crippen LogP contribution in [0.1, 0.15) is 29.8 Å². The fourth-order valence-corrected chi connectivity index (χ4v) is 3.18. The van der Waals surface area contributed by atoms with Crippen LogP contribution in [0, 0.1) is 0 Å². The lowest BCUT2D eigenvalue weighted by molar-refractivity contribution is -0.126. The second kappa shape index (κ2) is 6.97. The number of anilines is 1. The van der Waals surface area contributed by atoms with Gasteiger partial charge in [-0.25, -0.2) is 4.79 Å². The third-order valence-corrected chi connectivity index (χ3v) is 4.40. The highest BCUT2D eigenvalue weighted by molar-refractivity contribution is 6.01. The fourth-order valence-electron chi connectivity index (χ4n) is 3.18. The number of para-hydroxylation sites is 2. The number of ether oxygens (including phenoxy) is 2. The zero-order valence-electron chi connectivity index (χ0n) is 14.6. The summed E-state index contributed by atoms with van der Waals surface area (Å²) in [4.78, 5) is 27.0. The molecule has 2 atom stereocenters. The van der Waals surface area contributed by atoms with Crippen LogP contribution in [0.3, 0.4) is 0 Å². The Morgan fingerprint density at radius 1 is 1.12 bits per heavy atom. The summed E-state index contributed by atoms with van der Waals surface area (Å²) in [5, 5.41) is 0. The summed E-state index contributed by atoms with van der Waals surface area (Å²) >= 11 is 0. The van der Waals surface area contributed by atoms with Crippen LogP contribution in [0.25, 0.3) is 0 Å². The summed E-state index contributed by atoms with van der Waals surface area (Å²) in [6.45, 7) is 3.59. The lowest BCUT2D eigenvalue weighted by Crippen LogP contribution is -2.43. The van der Waals surface area contributed by atoms with Gasteiger partial charge in [0.2, 0.25) is 0 Å². The van der Waals surface area contributed by atoms with E-state index in [4.69, 9.17) is 9.47 Å². The predicted molar refractivity (Wildman–Crippen MR) is 95.0 cm³/mol. The molecule has 0 spiro atoms. The zero-order valence-corrected chi connectivity index (χ0v) is 14.6. The van der Waals surface area contributed by atoms with Gasteiger partial charge < -0.3 is 14.4 Å². The first-order valence-electron chi connectivity index (χ1n) is 8.28. The molecule has 25 heavy (non-hydrogen) atoms. The largest absolute Gasteiger partial charge is 0.496 e. The minimum absolute atomic E-state index is 0.0392. The number of rotatable bonds is 4. The van der Waals surface area contributed by atoms with Crippen LogP contribution in [0.2, 0.25) is 0 Å². The van der Waals surface area contributed by atoms with Crippen molar-refractivity contribution in [2.75, 3.05) is 12.0 Å². The smallest absolute Gasteiger partial charge is 0.342 e. The van der Waals surface area contributed by atoms with Gasteiger partial charge in [0.25, 0.3) is 5.91 Å². The molecule has 0 N–H and O–H groups in total. The first-order chi connectivity index (χ1) is 12.0. The Bertz CT molecular complexity index is 802. The molecule has 0 aliphatic carbocycles. The Kier molecular flexibility index (Phi) is 4.74. The van der Waals surface area contributed by atoms with Gasteiger partial charge in [-0.1, -0.05) is 30.3 Å². The van der Waals surface area contributed by atoms with Crippen molar-refractivity contribution in [3.63, 3.8) is 0 Å². The molecule has 2 aromatic rings. The standard InChI is InChI=1S/C20H21NO4/c1-13-12-15-8-4-6-10-17(15)21(13)19(22)14(2)25-20(23)16-9-5-7-11-18(16)24-3/h4-11,13-14H,12H2,1-3H3/t13-,14+/m0/s1. The van der Waals surface area contributed by atoms with E-state index < -0.39 is 12.1 Å². The molecule has 2 aromatic carbocycles. The fraction of sp³-hybridized carbons (Fsp3) is 0.300. The summed E-state index contributed by atoms with van der Waals surface area (Å²) < 4.78 is 10.6. The van der Waals surface area contributed by atoms with E-state index in [1.807, 2.05) is 31.2 Å². The normalized spacial score (nSPS) is 16.9. The molecule has 0 saturated heterocycles. The highest BCUT2D eigenvalue weighted by Crippen LogP contribution is 2.32. The van der Waals surface area contributed by atoms with Crippen molar-refractivity contribution < 1.29 is 19.1 Å². The maximum absolute atomic E-state index is 12.9. The van der Waals surface area contributed by atoms with Crippen molar-refractivity contribution in [1.29, 1.82) is 0 Å². The number of methoxy groups -OCH3 is 1. The van der Waals surface area contributed by atoms with Gasteiger partial charge in [-0.2, -0.15) is 0 Å². The van der Waals surface area contributed by atoms with Gasteiger partial charge in [-0.3, -0.25) is 4.79 Å². The van der Waals surface area contributed by atoms with Crippen LogP contribution in [0.4, 0.5) is 5.69 Å². The Balaban J connectivity index is 1.76.